The van der Waals surface area contributed by atoms with Gasteiger partial charge in [0.05, 0.1) is 51.8 Å². The van der Waals surface area contributed by atoms with Crippen LogP contribution in [-0.2, 0) is 45.9 Å². The van der Waals surface area contributed by atoms with Gasteiger partial charge in [-0.15, -0.1) is 0 Å². The number of aromatic nitrogens is 2. The number of esters is 1. The number of thiazole rings is 2. The predicted molar refractivity (Wildman–Crippen MR) is 343 cm³/mol. The number of halogens is 6. The van der Waals surface area contributed by atoms with E-state index in [-0.39, 0.29) is 105 Å². The van der Waals surface area contributed by atoms with E-state index in [1.807, 2.05) is 72.8 Å². The van der Waals surface area contributed by atoms with Gasteiger partial charge in [-0.2, -0.15) is 26.3 Å². The van der Waals surface area contributed by atoms with Crippen LogP contribution in [0.5, 0.6) is 10.4 Å². The Balaban J connectivity index is 0.000000258. The molecule has 506 valence electrons. The van der Waals surface area contributed by atoms with Crippen molar-refractivity contribution in [1.82, 2.24) is 30.4 Å². The summed E-state index contributed by atoms with van der Waals surface area (Å²) in [6.45, 7) is 0.0825. The number of allylic oxidation sites excluding steroid dienone is 2. The number of ether oxygens (including phenoxy) is 3. The van der Waals surface area contributed by atoms with Crippen LogP contribution in [0.25, 0.3) is 20.4 Å². The smallest absolute Gasteiger partial charge is 0.870 e. The molecule has 0 unspecified atom stereocenters. The number of anilines is 2. The first-order valence-electron chi connectivity index (χ1n) is 30.4. The quantitative estimate of drug-likeness (QED) is 0.0370. The third kappa shape index (κ3) is 17.5. The number of hydrogen-bond acceptors (Lipinski definition) is 16. The molecule has 4 aliphatic heterocycles. The van der Waals surface area contributed by atoms with Gasteiger partial charge in [-0.3, -0.25) is 19.2 Å². The van der Waals surface area contributed by atoms with E-state index in [0.29, 0.717) is 48.9 Å². The number of carbonyl (C=O) groups excluding carboxylic acids is 5. The van der Waals surface area contributed by atoms with Gasteiger partial charge in [0.25, 0.3) is 10.4 Å². The summed E-state index contributed by atoms with van der Waals surface area (Å²) in [6.07, 6.45) is 4.83. The van der Waals surface area contributed by atoms with Crippen LogP contribution in [0, 0.1) is 11.8 Å². The van der Waals surface area contributed by atoms with Crippen LogP contribution in [-0.4, -0.2) is 134 Å². The Morgan fingerprint density at radius 2 is 1.03 bits per heavy atom. The first kappa shape index (κ1) is 75.1. The zero-order chi connectivity index (χ0) is 64.2. The summed E-state index contributed by atoms with van der Waals surface area (Å²) >= 11 is 2.69. The molecule has 0 bridgehead atoms. The molecular formula is C67H77F6N8NaO11S2. The van der Waals surface area contributed by atoms with E-state index in [1.54, 1.807) is 0 Å². The summed E-state index contributed by atoms with van der Waals surface area (Å²) in [7, 11) is 1.27. The third-order valence-corrected chi connectivity index (χ3v) is 19.4. The number of amides is 4. The van der Waals surface area contributed by atoms with Crippen molar-refractivity contribution in [2.45, 2.75) is 165 Å². The first-order chi connectivity index (χ1) is 43.6. The fraction of sp³-hybridized carbons (Fsp3) is 0.463. The first-order valence-corrected chi connectivity index (χ1v) is 32.1. The summed E-state index contributed by atoms with van der Waals surface area (Å²) in [6, 6.07) is 20.6. The molecule has 6 aliphatic rings. The topological polar surface area (TPSA) is 261 Å². The molecule has 28 heteroatoms. The Morgan fingerprint density at radius 3 is 1.45 bits per heavy atom. The van der Waals surface area contributed by atoms with Gasteiger partial charge in [0.15, 0.2) is 0 Å². The van der Waals surface area contributed by atoms with E-state index >= 15 is 0 Å². The molecule has 2 aromatic heterocycles. The van der Waals surface area contributed by atoms with Gasteiger partial charge < -0.3 is 55.9 Å². The van der Waals surface area contributed by atoms with Crippen molar-refractivity contribution in [3.05, 3.63) is 132 Å². The average Bonchev–Trinajstić information content (AvgIpc) is 1.59. The van der Waals surface area contributed by atoms with Gasteiger partial charge in [-0.05, 0) is 112 Å². The fourth-order valence-corrected chi connectivity index (χ4v) is 14.3. The van der Waals surface area contributed by atoms with Gasteiger partial charge in [-0.1, -0.05) is 124 Å². The van der Waals surface area contributed by atoms with Crippen molar-refractivity contribution in [3.63, 3.8) is 0 Å². The van der Waals surface area contributed by atoms with Gasteiger partial charge in [0.2, 0.25) is 23.6 Å². The maximum atomic E-state index is 14.3. The second kappa shape index (κ2) is 31.7. The standard InChI is InChI=1S/C33H35F3N4O5S.C32H33F3N4O5S.2CH4.Na.H2O/c1-44-30(43)32-18-21(32)10-5-3-2-4-6-14-25(37-22-12-9-11-20(16-22)33(34,35)36)29(42)40-19-23(17-26(40)28(41)39-32)45-31-38-24-13-7-8-15-27(24)46-31;33-32(34,35)19-10-8-11-21(15-19)36-24-13-5-3-1-2-4-9-20-17-31(20,29(42)43)38-27(40)25-16-22(18-39(25)28(24)41)44-30-37-23-12-6-7-14-26(23)45-30;;;;/h5,7-13,15-16,21,23,25-26,37H,2-4,6,14,17-19H2,1H3,(H,39,41);4,6-12,14-15,20,22,24-25,36H,1-3,5,13,16-18H2,(H,38,40)(H,42,43);2*1H4;;1H2/q;;;;+1;/p-1/b10-5-;9-4-;;;;/t21-,23-,25+,26+,32-;20-,22-,24+,25+,31-;;;;/m11..../s1. The number of carboxylic acids is 1. The summed E-state index contributed by atoms with van der Waals surface area (Å²) < 4.78 is 100. The molecule has 0 spiro atoms. The summed E-state index contributed by atoms with van der Waals surface area (Å²) in [5.41, 5.74) is -2.54. The molecule has 95 heavy (non-hydrogen) atoms. The molecule has 10 atom stereocenters. The molecule has 2 saturated carbocycles. The number of alkyl halides is 6. The minimum atomic E-state index is -4.55. The second-order valence-electron chi connectivity index (χ2n) is 23.9. The van der Waals surface area contributed by atoms with Gasteiger partial charge in [0, 0.05) is 36.1 Å². The number of nitrogens with one attached hydrogen (secondary N) is 4. The number of para-hydroxylation sites is 2. The van der Waals surface area contributed by atoms with Crippen molar-refractivity contribution < 1.29 is 109 Å². The van der Waals surface area contributed by atoms with E-state index in [0.717, 1.165) is 76.8 Å². The average molecular weight is 1370 g/mol. The number of fused-ring (bicyclic) bond motifs is 6. The summed E-state index contributed by atoms with van der Waals surface area (Å²) in [4.78, 5) is 93.3. The molecule has 19 nitrogen and oxygen atoms in total. The van der Waals surface area contributed by atoms with Crippen LogP contribution in [0.1, 0.15) is 116 Å². The Hall–Kier alpha value is -7.30. The SMILES string of the molecule is C.C.COC(=O)[C@@]12C[C@H]1/C=C\CCCCC[C@H](Nc1cccc(C(F)(F)F)c1)C(=O)N1C[C@H](Oc3nc4ccccc4s3)C[C@H]1C(=O)N2.O=C1N[C@]2(C(=O)O)C[C@H]2/C=C\CCCCC[C@H](Nc2cccc(C(F)(F)F)c2)C(=O)N2C[C@H](Oc3nc4ccccc4s3)C[C@@H]12.[Na+].[OH-]. The molecule has 2 saturated heterocycles. The number of nitrogens with zero attached hydrogens (tertiary/aromatic N) is 4. The van der Waals surface area contributed by atoms with Gasteiger partial charge in [-0.25, -0.2) is 19.6 Å². The molecule has 6 aromatic rings. The second-order valence-corrected chi connectivity index (χ2v) is 25.9. The van der Waals surface area contributed by atoms with Crippen LogP contribution >= 0.6 is 22.7 Å². The largest absolute Gasteiger partial charge is 1.00 e. The van der Waals surface area contributed by atoms with Crippen LogP contribution in [0.15, 0.2) is 121 Å². The molecule has 6 N–H and O–H groups in total. The molecule has 4 aromatic carbocycles. The number of aliphatic carboxylic acids is 1. The molecule has 6 heterocycles. The van der Waals surface area contributed by atoms with Gasteiger partial charge in [0.1, 0.15) is 47.5 Å². The number of benzene rings is 4. The minimum absolute atomic E-state index is 0. The third-order valence-electron chi connectivity index (χ3n) is 17.6. The van der Waals surface area contributed by atoms with Crippen molar-refractivity contribution >= 4 is 90.0 Å². The van der Waals surface area contributed by atoms with Crippen LogP contribution in [0.2, 0.25) is 0 Å². The number of carboxylic acid groups (broad SMARTS) is 1. The Kier molecular flexibility index (Phi) is 25.1. The zero-order valence-electron chi connectivity index (χ0n) is 50.9. The predicted octanol–water partition coefficient (Wildman–Crippen LogP) is 9.44. The van der Waals surface area contributed by atoms with E-state index in [2.05, 4.69) is 31.2 Å². The van der Waals surface area contributed by atoms with E-state index in [1.165, 1.54) is 63.8 Å². The molecular weight excluding hydrogens is 1290 g/mol. The number of methoxy groups -OCH3 is 1. The van der Waals surface area contributed by atoms with E-state index in [4.69, 9.17) is 14.2 Å². The normalized spacial score (nSPS) is 26.9. The number of hydrogen-bond donors (Lipinski definition) is 5. The van der Waals surface area contributed by atoms with E-state index < -0.39 is 106 Å². The molecule has 4 fully saturated rings. The molecule has 4 amide bonds. The Labute approximate surface area is 576 Å². The van der Waals surface area contributed by atoms with Crippen molar-refractivity contribution in [2.75, 3.05) is 30.8 Å². The summed E-state index contributed by atoms with van der Waals surface area (Å²) in [5, 5.41) is 22.5. The maximum Gasteiger partial charge on any atom is 1.00 e. The van der Waals surface area contributed by atoms with Crippen molar-refractivity contribution in [1.29, 1.82) is 0 Å². The van der Waals surface area contributed by atoms with E-state index in [9.17, 15) is 60.2 Å². The number of rotatable bonds is 10. The fourth-order valence-electron chi connectivity index (χ4n) is 12.5. The maximum absolute atomic E-state index is 14.3. The monoisotopic (exact) mass is 1370 g/mol. The zero-order valence-corrected chi connectivity index (χ0v) is 54.6. The molecule has 12 rings (SSSR count). The van der Waals surface area contributed by atoms with Crippen molar-refractivity contribution in [2.24, 2.45) is 11.8 Å². The molecule has 2 aliphatic carbocycles. The van der Waals surface area contributed by atoms with Crippen LogP contribution in [0.3, 0.4) is 0 Å². The minimum Gasteiger partial charge on any atom is -0.870 e. The van der Waals surface area contributed by atoms with Crippen LogP contribution < -0.4 is 60.3 Å². The Bertz CT molecular complexity index is 3690. The number of carbonyl (C=O) groups is 6. The van der Waals surface area contributed by atoms with Crippen LogP contribution in [0.4, 0.5) is 37.7 Å². The van der Waals surface area contributed by atoms with Gasteiger partial charge >= 0.3 is 53.8 Å². The Morgan fingerprint density at radius 1 is 0.611 bits per heavy atom. The summed E-state index contributed by atoms with van der Waals surface area (Å²) in [5.74, 6) is -4.31. The molecule has 0 radical (unpaired) electrons. The van der Waals surface area contributed by atoms with Crippen molar-refractivity contribution in [3.8, 4) is 10.4 Å².